The summed E-state index contributed by atoms with van der Waals surface area (Å²) in [5.41, 5.74) is -0.233. The predicted octanol–water partition coefficient (Wildman–Crippen LogP) is 3.99. The maximum atomic E-state index is 13.7. The van der Waals surface area contributed by atoms with Crippen molar-refractivity contribution < 1.29 is 32.2 Å². The van der Waals surface area contributed by atoms with Gasteiger partial charge in [0.05, 0.1) is 23.7 Å². The number of likely N-dealkylation sites (tertiary alicyclic amines) is 1. The molecule has 4 rings (SSSR count). The monoisotopic (exact) mass is 435 g/mol. The van der Waals surface area contributed by atoms with Crippen LogP contribution in [0.15, 0.2) is 48.7 Å². The molecule has 1 aliphatic heterocycles. The van der Waals surface area contributed by atoms with Crippen molar-refractivity contribution in [3.8, 4) is 11.6 Å². The molecule has 1 aliphatic rings. The number of carbonyl (C=O) groups is 1. The van der Waals surface area contributed by atoms with Crippen LogP contribution in [0.3, 0.4) is 0 Å². The lowest BCUT2D eigenvalue weighted by Crippen LogP contribution is -2.47. The number of alkyl halides is 4. The second kappa shape index (κ2) is 8.10. The number of benzene rings is 1. The van der Waals surface area contributed by atoms with Gasteiger partial charge in [-0.25, -0.2) is 14.4 Å². The molecule has 0 unspecified atom stereocenters. The van der Waals surface area contributed by atoms with Crippen molar-refractivity contribution >= 4 is 16.8 Å². The van der Waals surface area contributed by atoms with Crippen molar-refractivity contribution in [2.75, 3.05) is 13.1 Å². The van der Waals surface area contributed by atoms with Crippen LogP contribution in [0.5, 0.6) is 11.6 Å². The lowest BCUT2D eigenvalue weighted by molar-refractivity contribution is -0.137. The van der Waals surface area contributed by atoms with Crippen LogP contribution in [0.25, 0.3) is 10.9 Å². The van der Waals surface area contributed by atoms with Crippen LogP contribution < -0.4 is 4.74 Å². The molecule has 31 heavy (non-hydrogen) atoms. The highest BCUT2D eigenvalue weighted by Crippen LogP contribution is 2.30. The molecular weight excluding hydrogens is 418 g/mol. The first-order valence-electron chi connectivity index (χ1n) is 9.44. The van der Waals surface area contributed by atoms with Crippen LogP contribution in [-0.2, 0) is 6.18 Å². The highest BCUT2D eigenvalue weighted by Gasteiger charge is 2.31. The number of fused-ring (bicyclic) bond motifs is 1. The molecule has 1 N–H and O–H groups in total. The van der Waals surface area contributed by atoms with Crippen molar-refractivity contribution in [2.45, 2.75) is 24.9 Å². The Bertz CT molecular complexity index is 1110. The predicted molar refractivity (Wildman–Crippen MR) is 102 cm³/mol. The van der Waals surface area contributed by atoms with E-state index in [0.29, 0.717) is 22.8 Å². The van der Waals surface area contributed by atoms with Gasteiger partial charge in [0, 0.05) is 24.2 Å². The van der Waals surface area contributed by atoms with Gasteiger partial charge < -0.3 is 14.7 Å². The van der Waals surface area contributed by atoms with E-state index in [1.165, 1.54) is 11.0 Å². The molecule has 10 heteroatoms. The molecule has 6 nitrogen and oxygen atoms in total. The topological polar surface area (TPSA) is 75.5 Å². The van der Waals surface area contributed by atoms with Crippen LogP contribution in [0, 0.1) is 0 Å². The van der Waals surface area contributed by atoms with E-state index in [9.17, 15) is 27.5 Å². The number of piperidine rings is 1. The third kappa shape index (κ3) is 4.58. The maximum Gasteiger partial charge on any atom is 0.417 e. The molecule has 1 amide bonds. The summed E-state index contributed by atoms with van der Waals surface area (Å²) in [5.74, 6) is -0.0863. The summed E-state index contributed by atoms with van der Waals surface area (Å²) in [5, 5.41) is 10.1. The van der Waals surface area contributed by atoms with E-state index in [1.807, 2.05) is 0 Å². The van der Waals surface area contributed by atoms with E-state index in [1.54, 1.807) is 24.3 Å². The zero-order valence-electron chi connectivity index (χ0n) is 16.0. The number of hydrogen-bond acceptors (Lipinski definition) is 5. The first kappa shape index (κ1) is 21.0. The Labute approximate surface area is 174 Å². The summed E-state index contributed by atoms with van der Waals surface area (Å²) in [4.78, 5) is 21.9. The van der Waals surface area contributed by atoms with Gasteiger partial charge in [0.1, 0.15) is 17.6 Å². The average Bonchev–Trinajstić information content (AvgIpc) is 2.74. The molecule has 0 saturated carbocycles. The standard InChI is InChI=1S/C21H17F4N3O3/c22-15-11-28(8-7-18(15)29)20(30)17-4-1-12-9-14(3-5-16(12)27-17)31-19-6-2-13(10-26-19)21(23,24)25/h1-6,9-10,15,18,29H,7-8,11H2/t15-,18+/m0/s1. The minimum absolute atomic E-state index is 0.000157. The molecule has 0 aliphatic carbocycles. The second-order valence-corrected chi connectivity index (χ2v) is 7.16. The number of aliphatic hydroxyl groups excluding tert-OH is 1. The van der Waals surface area contributed by atoms with Crippen LogP contribution in [0.1, 0.15) is 22.5 Å². The SMILES string of the molecule is O=C(c1ccc2cc(Oc3ccc(C(F)(F)F)cn3)ccc2n1)N1CC[C@@H](O)[C@@H](F)C1. The average molecular weight is 435 g/mol. The molecular formula is C21H17F4N3O3. The molecule has 3 aromatic rings. The van der Waals surface area contributed by atoms with Gasteiger partial charge in [0.15, 0.2) is 0 Å². The Hall–Kier alpha value is -3.27. The Morgan fingerprint density at radius 1 is 1.16 bits per heavy atom. The zero-order chi connectivity index (χ0) is 22.2. The molecule has 162 valence electrons. The van der Waals surface area contributed by atoms with Gasteiger partial charge in [-0.15, -0.1) is 0 Å². The summed E-state index contributed by atoms with van der Waals surface area (Å²) < 4.78 is 57.1. The Kier molecular flexibility index (Phi) is 5.48. The summed E-state index contributed by atoms with van der Waals surface area (Å²) in [6, 6.07) is 9.93. The minimum atomic E-state index is -4.48. The number of pyridine rings is 2. The summed E-state index contributed by atoms with van der Waals surface area (Å²) in [7, 11) is 0. The van der Waals surface area contributed by atoms with Gasteiger partial charge in [-0.2, -0.15) is 13.2 Å². The fourth-order valence-electron chi connectivity index (χ4n) is 3.25. The number of hydrogen-bond donors (Lipinski definition) is 1. The smallest absolute Gasteiger partial charge is 0.417 e. The quantitative estimate of drug-likeness (QED) is 0.630. The van der Waals surface area contributed by atoms with E-state index in [-0.39, 0.29) is 31.1 Å². The highest BCUT2D eigenvalue weighted by molar-refractivity contribution is 5.95. The summed E-state index contributed by atoms with van der Waals surface area (Å²) >= 11 is 0. The molecule has 2 atom stereocenters. The van der Waals surface area contributed by atoms with Crippen LogP contribution in [-0.4, -0.2) is 51.2 Å². The number of amides is 1. The number of halogens is 4. The van der Waals surface area contributed by atoms with E-state index < -0.39 is 29.9 Å². The third-order valence-electron chi connectivity index (χ3n) is 4.96. The fraction of sp³-hybridized carbons (Fsp3) is 0.286. The number of nitrogens with zero attached hydrogens (tertiary/aromatic N) is 3. The van der Waals surface area contributed by atoms with Gasteiger partial charge in [-0.1, -0.05) is 6.07 Å². The van der Waals surface area contributed by atoms with Crippen molar-refractivity contribution in [2.24, 2.45) is 0 Å². The number of rotatable bonds is 3. The first-order valence-corrected chi connectivity index (χ1v) is 9.44. The maximum absolute atomic E-state index is 13.7. The lowest BCUT2D eigenvalue weighted by Gasteiger charge is -2.32. The molecule has 0 radical (unpaired) electrons. The molecule has 3 heterocycles. The molecule has 1 saturated heterocycles. The van der Waals surface area contributed by atoms with Gasteiger partial charge in [0.2, 0.25) is 5.88 Å². The highest BCUT2D eigenvalue weighted by atomic mass is 19.4. The zero-order valence-corrected chi connectivity index (χ0v) is 16.0. The summed E-state index contributed by atoms with van der Waals surface area (Å²) in [6.07, 6.45) is -6.17. The number of ether oxygens (including phenoxy) is 1. The number of aliphatic hydroxyl groups is 1. The molecule has 1 aromatic carbocycles. The Morgan fingerprint density at radius 3 is 2.65 bits per heavy atom. The minimum Gasteiger partial charge on any atom is -0.439 e. The van der Waals surface area contributed by atoms with E-state index in [0.717, 1.165) is 12.1 Å². The largest absolute Gasteiger partial charge is 0.439 e. The van der Waals surface area contributed by atoms with Crippen LogP contribution in [0.4, 0.5) is 17.6 Å². The van der Waals surface area contributed by atoms with Crippen molar-refractivity contribution in [3.05, 3.63) is 59.9 Å². The Balaban J connectivity index is 1.50. The number of aromatic nitrogens is 2. The van der Waals surface area contributed by atoms with Gasteiger partial charge in [0.25, 0.3) is 5.91 Å². The first-order chi connectivity index (χ1) is 14.7. The van der Waals surface area contributed by atoms with E-state index in [4.69, 9.17) is 4.74 Å². The van der Waals surface area contributed by atoms with Gasteiger partial charge in [-0.3, -0.25) is 4.79 Å². The molecule has 0 bridgehead atoms. The van der Waals surface area contributed by atoms with Gasteiger partial charge in [-0.05, 0) is 36.8 Å². The van der Waals surface area contributed by atoms with Crippen molar-refractivity contribution in [3.63, 3.8) is 0 Å². The molecule has 1 fully saturated rings. The van der Waals surface area contributed by atoms with E-state index >= 15 is 0 Å². The van der Waals surface area contributed by atoms with Crippen LogP contribution in [0.2, 0.25) is 0 Å². The summed E-state index contributed by atoms with van der Waals surface area (Å²) in [6.45, 7) is 0.0552. The molecule has 0 spiro atoms. The normalized spacial score (nSPS) is 19.5. The second-order valence-electron chi connectivity index (χ2n) is 7.16. The van der Waals surface area contributed by atoms with Gasteiger partial charge >= 0.3 is 6.18 Å². The fourth-order valence-corrected chi connectivity index (χ4v) is 3.25. The third-order valence-corrected chi connectivity index (χ3v) is 4.96. The van der Waals surface area contributed by atoms with Crippen molar-refractivity contribution in [1.82, 2.24) is 14.9 Å². The van der Waals surface area contributed by atoms with Crippen molar-refractivity contribution in [1.29, 1.82) is 0 Å². The molecule has 2 aromatic heterocycles. The number of carbonyl (C=O) groups excluding carboxylic acids is 1. The van der Waals surface area contributed by atoms with E-state index in [2.05, 4.69) is 9.97 Å². The lowest BCUT2D eigenvalue weighted by atomic mass is 10.1. The Morgan fingerprint density at radius 2 is 1.97 bits per heavy atom. The van der Waals surface area contributed by atoms with Crippen LogP contribution >= 0.6 is 0 Å².